The molecule has 1 unspecified atom stereocenters. The summed E-state index contributed by atoms with van der Waals surface area (Å²) in [5.41, 5.74) is 4.47. The van der Waals surface area contributed by atoms with Crippen molar-refractivity contribution in [3.63, 3.8) is 0 Å². The first-order chi connectivity index (χ1) is 6.99. The summed E-state index contributed by atoms with van der Waals surface area (Å²) in [6.45, 7) is 0.405. The fourth-order valence-corrected chi connectivity index (χ4v) is 1.14. The first kappa shape index (κ1) is 12.0. The van der Waals surface area contributed by atoms with Crippen molar-refractivity contribution in [3.05, 3.63) is 18.0 Å². The van der Waals surface area contributed by atoms with Crippen molar-refractivity contribution in [1.82, 2.24) is 9.78 Å². The Morgan fingerprint density at radius 1 is 1.60 bits per heavy atom. The molecule has 0 aromatic carbocycles. The summed E-state index contributed by atoms with van der Waals surface area (Å²) in [6.07, 6.45) is -3.17. The Balaban J connectivity index is 2.82. The third kappa shape index (κ3) is 2.93. The van der Waals surface area contributed by atoms with Crippen LogP contribution in [0.1, 0.15) is 11.7 Å². The standard InChI is InChI=1S/C8H12F3N3O/c1-15-5-6(4-12)14-3-2-7(13-14)8(9,10)11/h2-3,6H,4-5,12H2,1H3. The lowest BCUT2D eigenvalue weighted by atomic mass is 10.3. The predicted molar refractivity (Wildman–Crippen MR) is 47.2 cm³/mol. The average molecular weight is 223 g/mol. The molecule has 15 heavy (non-hydrogen) atoms. The highest BCUT2D eigenvalue weighted by molar-refractivity contribution is 5.04. The molecule has 1 atom stereocenters. The summed E-state index contributed by atoms with van der Waals surface area (Å²) in [4.78, 5) is 0. The molecular formula is C8H12F3N3O. The Kier molecular flexibility index (Phi) is 3.70. The number of aromatic nitrogens is 2. The number of hydrogen-bond donors (Lipinski definition) is 1. The lowest BCUT2D eigenvalue weighted by Crippen LogP contribution is -2.24. The van der Waals surface area contributed by atoms with E-state index in [1.807, 2.05) is 0 Å². The van der Waals surface area contributed by atoms with Crippen molar-refractivity contribution < 1.29 is 17.9 Å². The molecule has 1 aromatic rings. The second kappa shape index (κ2) is 4.63. The van der Waals surface area contributed by atoms with Gasteiger partial charge in [0.1, 0.15) is 0 Å². The second-order valence-electron chi connectivity index (χ2n) is 3.02. The Morgan fingerprint density at radius 2 is 2.27 bits per heavy atom. The molecule has 0 spiro atoms. The molecule has 0 aliphatic rings. The van der Waals surface area contributed by atoms with Gasteiger partial charge in [0.2, 0.25) is 0 Å². The number of rotatable bonds is 4. The molecule has 7 heteroatoms. The maximum atomic E-state index is 12.2. The molecule has 0 aliphatic carbocycles. The fourth-order valence-electron chi connectivity index (χ4n) is 1.14. The molecule has 0 fully saturated rings. The van der Waals surface area contributed by atoms with E-state index >= 15 is 0 Å². The van der Waals surface area contributed by atoms with E-state index in [1.165, 1.54) is 18.0 Å². The molecule has 1 rings (SSSR count). The summed E-state index contributed by atoms with van der Waals surface area (Å²) >= 11 is 0. The normalized spacial score (nSPS) is 14.2. The number of nitrogens with two attached hydrogens (primary N) is 1. The lowest BCUT2D eigenvalue weighted by molar-refractivity contribution is -0.141. The zero-order valence-corrected chi connectivity index (χ0v) is 8.16. The molecular weight excluding hydrogens is 211 g/mol. The molecule has 0 aliphatic heterocycles. The molecule has 1 heterocycles. The van der Waals surface area contributed by atoms with Crippen LogP contribution in [0.2, 0.25) is 0 Å². The number of methoxy groups -OCH3 is 1. The molecule has 1 aromatic heterocycles. The topological polar surface area (TPSA) is 53.1 Å². The van der Waals surface area contributed by atoms with Gasteiger partial charge in [0, 0.05) is 19.9 Å². The highest BCUT2D eigenvalue weighted by Crippen LogP contribution is 2.27. The van der Waals surface area contributed by atoms with Crippen molar-refractivity contribution in [2.75, 3.05) is 20.3 Å². The smallest absolute Gasteiger partial charge is 0.382 e. The Hall–Kier alpha value is -1.08. The van der Waals surface area contributed by atoms with Gasteiger partial charge >= 0.3 is 6.18 Å². The van der Waals surface area contributed by atoms with Gasteiger partial charge in [-0.15, -0.1) is 0 Å². The molecule has 0 radical (unpaired) electrons. The van der Waals surface area contributed by atoms with E-state index in [4.69, 9.17) is 10.5 Å². The van der Waals surface area contributed by atoms with E-state index in [2.05, 4.69) is 5.10 Å². The van der Waals surface area contributed by atoms with Gasteiger partial charge in [-0.05, 0) is 6.07 Å². The third-order valence-corrected chi connectivity index (χ3v) is 1.90. The largest absolute Gasteiger partial charge is 0.435 e. The van der Waals surface area contributed by atoms with Crippen LogP contribution in [0.15, 0.2) is 12.3 Å². The van der Waals surface area contributed by atoms with Crippen molar-refractivity contribution in [3.8, 4) is 0 Å². The minimum absolute atomic E-state index is 0.173. The van der Waals surface area contributed by atoms with Crippen LogP contribution in [-0.2, 0) is 10.9 Å². The van der Waals surface area contributed by atoms with Crippen molar-refractivity contribution in [2.45, 2.75) is 12.2 Å². The number of ether oxygens (including phenoxy) is 1. The quantitative estimate of drug-likeness (QED) is 0.830. The van der Waals surface area contributed by atoms with E-state index in [9.17, 15) is 13.2 Å². The Bertz CT molecular complexity index is 310. The van der Waals surface area contributed by atoms with E-state index in [1.54, 1.807) is 0 Å². The van der Waals surface area contributed by atoms with Crippen LogP contribution in [-0.4, -0.2) is 30.0 Å². The summed E-state index contributed by atoms with van der Waals surface area (Å²) < 4.78 is 42.6. The van der Waals surface area contributed by atoms with Crippen molar-refractivity contribution in [1.29, 1.82) is 0 Å². The first-order valence-corrected chi connectivity index (χ1v) is 4.30. The maximum absolute atomic E-state index is 12.2. The molecule has 0 saturated carbocycles. The number of nitrogens with zero attached hydrogens (tertiary/aromatic N) is 2. The van der Waals surface area contributed by atoms with Crippen LogP contribution in [0, 0.1) is 0 Å². The van der Waals surface area contributed by atoms with Crippen molar-refractivity contribution >= 4 is 0 Å². The van der Waals surface area contributed by atoms with Crippen LogP contribution in [0.5, 0.6) is 0 Å². The molecule has 86 valence electrons. The molecule has 0 bridgehead atoms. The summed E-state index contributed by atoms with van der Waals surface area (Å²) in [5.74, 6) is 0. The first-order valence-electron chi connectivity index (χ1n) is 4.30. The van der Waals surface area contributed by atoms with Gasteiger partial charge in [0.15, 0.2) is 5.69 Å². The number of alkyl halides is 3. The lowest BCUT2D eigenvalue weighted by Gasteiger charge is -2.14. The zero-order chi connectivity index (χ0) is 11.5. The minimum Gasteiger partial charge on any atom is -0.382 e. The summed E-state index contributed by atoms with van der Waals surface area (Å²) in [5, 5.41) is 3.40. The molecule has 0 saturated heterocycles. The maximum Gasteiger partial charge on any atom is 0.435 e. The van der Waals surface area contributed by atoms with Crippen molar-refractivity contribution in [2.24, 2.45) is 5.73 Å². The van der Waals surface area contributed by atoms with E-state index in [0.29, 0.717) is 0 Å². The van der Waals surface area contributed by atoms with Crippen LogP contribution in [0.3, 0.4) is 0 Å². The monoisotopic (exact) mass is 223 g/mol. The van der Waals surface area contributed by atoms with Gasteiger partial charge in [-0.2, -0.15) is 18.3 Å². The Morgan fingerprint density at radius 3 is 2.67 bits per heavy atom. The highest BCUT2D eigenvalue weighted by Gasteiger charge is 2.34. The zero-order valence-electron chi connectivity index (χ0n) is 8.16. The van der Waals surface area contributed by atoms with Gasteiger partial charge in [0.25, 0.3) is 0 Å². The number of halogens is 3. The van der Waals surface area contributed by atoms with Crippen LogP contribution in [0.25, 0.3) is 0 Å². The third-order valence-electron chi connectivity index (χ3n) is 1.90. The molecule has 4 nitrogen and oxygen atoms in total. The van der Waals surface area contributed by atoms with Crippen LogP contribution >= 0.6 is 0 Å². The summed E-state index contributed by atoms with van der Waals surface area (Å²) in [7, 11) is 1.46. The molecule has 0 amide bonds. The van der Waals surface area contributed by atoms with Gasteiger partial charge < -0.3 is 10.5 Å². The fraction of sp³-hybridized carbons (Fsp3) is 0.625. The van der Waals surface area contributed by atoms with Gasteiger partial charge in [-0.3, -0.25) is 4.68 Å². The van der Waals surface area contributed by atoms with Gasteiger partial charge in [0.05, 0.1) is 12.6 Å². The van der Waals surface area contributed by atoms with E-state index in [-0.39, 0.29) is 19.2 Å². The average Bonchev–Trinajstić information content (AvgIpc) is 2.62. The van der Waals surface area contributed by atoms with Gasteiger partial charge in [-0.1, -0.05) is 0 Å². The highest BCUT2D eigenvalue weighted by atomic mass is 19.4. The van der Waals surface area contributed by atoms with Gasteiger partial charge in [-0.25, -0.2) is 0 Å². The van der Waals surface area contributed by atoms with E-state index < -0.39 is 11.9 Å². The predicted octanol–water partition coefficient (Wildman–Crippen LogP) is 1.05. The second-order valence-corrected chi connectivity index (χ2v) is 3.02. The SMILES string of the molecule is COCC(CN)n1ccc(C(F)(F)F)n1. The van der Waals surface area contributed by atoms with Crippen LogP contribution < -0.4 is 5.73 Å². The Labute approximate surface area is 84.8 Å². The van der Waals surface area contributed by atoms with E-state index in [0.717, 1.165) is 6.07 Å². The summed E-state index contributed by atoms with van der Waals surface area (Å²) in [6, 6.07) is 0.546. The minimum atomic E-state index is -4.42. The molecule has 2 N–H and O–H groups in total. The van der Waals surface area contributed by atoms with Crippen LogP contribution in [0.4, 0.5) is 13.2 Å². The number of hydrogen-bond acceptors (Lipinski definition) is 3.